The Labute approximate surface area is 115 Å². The molecule has 19 heavy (non-hydrogen) atoms. The molecule has 0 amide bonds. The van der Waals surface area contributed by atoms with E-state index in [1.54, 1.807) is 13.8 Å². The molecule has 104 valence electrons. The summed E-state index contributed by atoms with van der Waals surface area (Å²) in [6, 6.07) is 8.05. The Morgan fingerprint density at radius 2 is 2.05 bits per heavy atom. The maximum absolute atomic E-state index is 9.78. The fourth-order valence-corrected chi connectivity index (χ4v) is 2.00. The van der Waals surface area contributed by atoms with Gasteiger partial charge in [0.25, 0.3) is 0 Å². The Hall–Kier alpha value is -1.34. The van der Waals surface area contributed by atoms with Crippen molar-refractivity contribution in [2.45, 2.75) is 32.4 Å². The van der Waals surface area contributed by atoms with Crippen LogP contribution in [0.2, 0.25) is 0 Å². The molecule has 3 nitrogen and oxygen atoms in total. The van der Waals surface area contributed by atoms with Crippen LogP contribution < -0.4 is 0 Å². The van der Waals surface area contributed by atoms with Crippen molar-refractivity contribution < 1.29 is 10.2 Å². The van der Waals surface area contributed by atoms with E-state index < -0.39 is 5.60 Å². The van der Waals surface area contributed by atoms with Crippen LogP contribution in [0.4, 0.5) is 0 Å². The number of hydrogen-bond acceptors (Lipinski definition) is 3. The van der Waals surface area contributed by atoms with Gasteiger partial charge in [-0.1, -0.05) is 24.0 Å². The third kappa shape index (κ3) is 6.97. The lowest BCUT2D eigenvalue weighted by Gasteiger charge is -2.25. The van der Waals surface area contributed by atoms with E-state index in [1.165, 1.54) is 5.56 Å². The van der Waals surface area contributed by atoms with Crippen LogP contribution in [-0.4, -0.2) is 40.9 Å². The van der Waals surface area contributed by atoms with Crippen molar-refractivity contribution in [2.75, 3.05) is 20.2 Å². The lowest BCUT2D eigenvalue weighted by molar-refractivity contribution is 0.0425. The summed E-state index contributed by atoms with van der Waals surface area (Å²) in [6.45, 7) is 5.11. The third-order valence-corrected chi connectivity index (χ3v) is 2.51. The Bertz CT molecular complexity index is 452. The second-order valence-electron chi connectivity index (χ2n) is 5.46. The zero-order valence-electron chi connectivity index (χ0n) is 12.0. The van der Waals surface area contributed by atoms with Crippen LogP contribution >= 0.6 is 0 Å². The minimum atomic E-state index is -0.687. The zero-order valence-corrected chi connectivity index (χ0v) is 12.0. The molecule has 0 heterocycles. The van der Waals surface area contributed by atoms with Crippen LogP contribution in [0.25, 0.3) is 0 Å². The molecule has 0 fully saturated rings. The summed E-state index contributed by atoms with van der Waals surface area (Å²) >= 11 is 0. The van der Waals surface area contributed by atoms with E-state index in [0.29, 0.717) is 13.0 Å². The van der Waals surface area contributed by atoms with Gasteiger partial charge in [0, 0.05) is 25.1 Å². The molecule has 1 aromatic rings. The fraction of sp³-hybridized carbons (Fsp3) is 0.500. The van der Waals surface area contributed by atoms with E-state index in [-0.39, 0.29) is 6.61 Å². The number of rotatable bonds is 5. The van der Waals surface area contributed by atoms with Gasteiger partial charge in [0.15, 0.2) is 0 Å². The summed E-state index contributed by atoms with van der Waals surface area (Å²) in [7, 11) is 1.99. The molecule has 0 atom stereocenters. The summed E-state index contributed by atoms with van der Waals surface area (Å²) in [4.78, 5) is 2.08. The summed E-state index contributed by atoms with van der Waals surface area (Å²) in [6.07, 6.45) is 0.503. The highest BCUT2D eigenvalue weighted by Gasteiger charge is 2.15. The molecule has 0 aliphatic rings. The van der Waals surface area contributed by atoms with Gasteiger partial charge in [-0.3, -0.25) is 4.90 Å². The van der Waals surface area contributed by atoms with Crippen LogP contribution in [0.3, 0.4) is 0 Å². The Kier molecular flexibility index (Phi) is 6.04. The van der Waals surface area contributed by atoms with Gasteiger partial charge in [-0.05, 0) is 38.6 Å². The lowest BCUT2D eigenvalue weighted by atomic mass is 10.1. The molecule has 1 rings (SSSR count). The van der Waals surface area contributed by atoms with E-state index in [4.69, 9.17) is 5.11 Å². The van der Waals surface area contributed by atoms with Gasteiger partial charge in [0.05, 0.1) is 12.2 Å². The first kappa shape index (κ1) is 15.7. The largest absolute Gasteiger partial charge is 0.395 e. The predicted octanol–water partition coefficient (Wildman–Crippen LogP) is 1.62. The summed E-state index contributed by atoms with van der Waals surface area (Å²) in [5.74, 6) is 5.95. The van der Waals surface area contributed by atoms with Crippen molar-refractivity contribution in [3.8, 4) is 11.8 Å². The Morgan fingerprint density at radius 1 is 1.32 bits per heavy atom. The second kappa shape index (κ2) is 7.30. The van der Waals surface area contributed by atoms with Gasteiger partial charge in [-0.2, -0.15) is 0 Å². The first-order valence-electron chi connectivity index (χ1n) is 6.50. The normalized spacial score (nSPS) is 11.3. The van der Waals surface area contributed by atoms with Crippen LogP contribution in [0, 0.1) is 11.8 Å². The highest BCUT2D eigenvalue weighted by Crippen LogP contribution is 2.10. The van der Waals surface area contributed by atoms with Crippen molar-refractivity contribution in [3.05, 3.63) is 35.4 Å². The minimum Gasteiger partial charge on any atom is -0.395 e. The van der Waals surface area contributed by atoms with Gasteiger partial charge in [0.2, 0.25) is 0 Å². The molecular formula is C16H23NO2. The number of nitrogens with zero attached hydrogens (tertiary/aromatic N) is 1. The van der Waals surface area contributed by atoms with Crippen LogP contribution in [0.1, 0.15) is 31.4 Å². The number of aliphatic hydroxyl groups is 2. The van der Waals surface area contributed by atoms with Crippen molar-refractivity contribution >= 4 is 0 Å². The highest BCUT2D eigenvalue weighted by molar-refractivity contribution is 5.37. The first-order valence-corrected chi connectivity index (χ1v) is 6.50. The number of likely N-dealkylation sites (N-methyl/N-ethyl adjacent to an activating group) is 1. The molecule has 0 saturated carbocycles. The lowest BCUT2D eigenvalue weighted by Crippen LogP contribution is -2.35. The number of hydrogen-bond donors (Lipinski definition) is 2. The molecule has 0 aliphatic heterocycles. The standard InChI is InChI=1S/C16H23NO2/c1-16(2,19)13-17(3)12-15-9-6-8-14(11-15)7-4-5-10-18/h6,8-9,11,18-19H,5,10,12-13H2,1-3H3. The molecule has 1 aromatic carbocycles. The van der Waals surface area contributed by atoms with Crippen LogP contribution in [0.5, 0.6) is 0 Å². The Morgan fingerprint density at radius 3 is 2.68 bits per heavy atom. The van der Waals surface area contributed by atoms with Gasteiger partial charge in [0.1, 0.15) is 0 Å². The van der Waals surface area contributed by atoms with E-state index in [0.717, 1.165) is 12.1 Å². The topological polar surface area (TPSA) is 43.7 Å². The molecule has 3 heteroatoms. The van der Waals surface area contributed by atoms with Crippen molar-refractivity contribution in [1.29, 1.82) is 0 Å². The predicted molar refractivity (Wildman–Crippen MR) is 77.7 cm³/mol. The molecular weight excluding hydrogens is 238 g/mol. The quantitative estimate of drug-likeness (QED) is 0.792. The maximum Gasteiger partial charge on any atom is 0.0718 e. The van der Waals surface area contributed by atoms with E-state index in [9.17, 15) is 5.11 Å². The summed E-state index contributed by atoms with van der Waals surface area (Å²) in [5.41, 5.74) is 1.44. The molecule has 0 spiro atoms. The van der Waals surface area contributed by atoms with Crippen molar-refractivity contribution in [2.24, 2.45) is 0 Å². The summed E-state index contributed by atoms with van der Waals surface area (Å²) < 4.78 is 0. The molecule has 0 aliphatic carbocycles. The van der Waals surface area contributed by atoms with Gasteiger partial charge in [-0.15, -0.1) is 0 Å². The average molecular weight is 261 g/mol. The highest BCUT2D eigenvalue weighted by atomic mass is 16.3. The average Bonchev–Trinajstić information content (AvgIpc) is 2.27. The zero-order chi connectivity index (χ0) is 14.3. The SMILES string of the molecule is CN(Cc1cccc(C#CCCO)c1)CC(C)(C)O. The van der Waals surface area contributed by atoms with Crippen molar-refractivity contribution in [1.82, 2.24) is 4.90 Å². The third-order valence-electron chi connectivity index (χ3n) is 2.51. The summed E-state index contributed by atoms with van der Waals surface area (Å²) in [5, 5.41) is 18.5. The van der Waals surface area contributed by atoms with Gasteiger partial charge < -0.3 is 10.2 Å². The molecule has 0 unspecified atom stereocenters. The van der Waals surface area contributed by atoms with E-state index >= 15 is 0 Å². The maximum atomic E-state index is 9.78. The number of benzene rings is 1. The van der Waals surface area contributed by atoms with Gasteiger partial charge >= 0.3 is 0 Å². The van der Waals surface area contributed by atoms with E-state index in [2.05, 4.69) is 22.8 Å². The molecule has 0 aromatic heterocycles. The Balaban J connectivity index is 2.65. The number of aliphatic hydroxyl groups excluding tert-OH is 1. The molecule has 2 N–H and O–H groups in total. The first-order chi connectivity index (χ1) is 8.90. The smallest absolute Gasteiger partial charge is 0.0718 e. The van der Waals surface area contributed by atoms with Crippen molar-refractivity contribution in [3.63, 3.8) is 0 Å². The molecule has 0 saturated heterocycles. The monoisotopic (exact) mass is 261 g/mol. The van der Waals surface area contributed by atoms with Crippen LogP contribution in [0.15, 0.2) is 24.3 Å². The van der Waals surface area contributed by atoms with Gasteiger partial charge in [-0.25, -0.2) is 0 Å². The second-order valence-corrected chi connectivity index (χ2v) is 5.46. The fourth-order valence-electron chi connectivity index (χ4n) is 2.00. The van der Waals surface area contributed by atoms with Crippen LogP contribution in [-0.2, 0) is 6.54 Å². The molecule has 0 radical (unpaired) electrons. The van der Waals surface area contributed by atoms with E-state index in [1.807, 2.05) is 25.2 Å². The minimum absolute atomic E-state index is 0.0982. The molecule has 0 bridgehead atoms.